The molecule has 0 aliphatic carbocycles. The largest absolute Gasteiger partial charge is 0.505 e. The zero-order valence-electron chi connectivity index (χ0n) is 14.1. The maximum absolute atomic E-state index is 11.8. The number of halogens is 1. The SMILES string of the molecule is O=C(O)c1c(O)c(-c2ccc(-c3ccccc3)cc2)nc2ccc(Br)cc12. The van der Waals surface area contributed by atoms with Gasteiger partial charge in [0.2, 0.25) is 0 Å². The van der Waals surface area contributed by atoms with Crippen LogP contribution < -0.4 is 0 Å². The molecule has 0 atom stereocenters. The monoisotopic (exact) mass is 419 g/mol. The number of hydrogen-bond donors (Lipinski definition) is 2. The predicted molar refractivity (Wildman–Crippen MR) is 109 cm³/mol. The van der Waals surface area contributed by atoms with Crippen molar-refractivity contribution in [3.05, 3.63) is 82.8 Å². The van der Waals surface area contributed by atoms with E-state index in [9.17, 15) is 15.0 Å². The van der Waals surface area contributed by atoms with Crippen molar-refractivity contribution >= 4 is 32.8 Å². The van der Waals surface area contributed by atoms with E-state index in [0.29, 0.717) is 16.5 Å². The molecule has 0 aliphatic rings. The lowest BCUT2D eigenvalue weighted by Crippen LogP contribution is -2.02. The minimum absolute atomic E-state index is 0.150. The molecule has 3 aromatic carbocycles. The van der Waals surface area contributed by atoms with E-state index in [4.69, 9.17) is 0 Å². The van der Waals surface area contributed by atoms with E-state index >= 15 is 0 Å². The summed E-state index contributed by atoms with van der Waals surface area (Å²) >= 11 is 3.33. The quantitative estimate of drug-likeness (QED) is 0.444. The van der Waals surface area contributed by atoms with Crippen LogP contribution in [0.5, 0.6) is 5.75 Å². The van der Waals surface area contributed by atoms with Crippen molar-refractivity contribution in [3.8, 4) is 28.1 Å². The second-order valence-electron chi connectivity index (χ2n) is 6.09. The highest BCUT2D eigenvalue weighted by Crippen LogP contribution is 2.37. The highest BCUT2D eigenvalue weighted by atomic mass is 79.9. The van der Waals surface area contributed by atoms with Crippen molar-refractivity contribution in [3.63, 3.8) is 0 Å². The average molecular weight is 420 g/mol. The number of carboxylic acids is 1. The van der Waals surface area contributed by atoms with E-state index in [1.807, 2.05) is 54.6 Å². The second-order valence-corrected chi connectivity index (χ2v) is 7.01. The van der Waals surface area contributed by atoms with Gasteiger partial charge in [-0.05, 0) is 29.3 Å². The van der Waals surface area contributed by atoms with Gasteiger partial charge in [-0.1, -0.05) is 70.5 Å². The number of benzene rings is 3. The molecule has 0 fully saturated rings. The first-order chi connectivity index (χ1) is 13.0. The van der Waals surface area contributed by atoms with Crippen molar-refractivity contribution in [2.75, 3.05) is 0 Å². The molecule has 132 valence electrons. The lowest BCUT2D eigenvalue weighted by molar-refractivity contribution is 0.0696. The smallest absolute Gasteiger partial charge is 0.340 e. The van der Waals surface area contributed by atoms with E-state index in [1.165, 1.54) is 0 Å². The molecular weight excluding hydrogens is 406 g/mol. The summed E-state index contributed by atoms with van der Waals surface area (Å²) in [5.41, 5.74) is 3.37. The highest BCUT2D eigenvalue weighted by molar-refractivity contribution is 9.10. The van der Waals surface area contributed by atoms with Gasteiger partial charge in [-0.15, -0.1) is 0 Å². The number of nitrogens with zero attached hydrogens (tertiary/aromatic N) is 1. The lowest BCUT2D eigenvalue weighted by Gasteiger charge is -2.11. The van der Waals surface area contributed by atoms with E-state index in [-0.39, 0.29) is 17.0 Å². The summed E-state index contributed by atoms with van der Waals surface area (Å²) in [6, 6.07) is 22.6. The Morgan fingerprint density at radius 3 is 2.15 bits per heavy atom. The molecule has 5 heteroatoms. The Hall–Kier alpha value is -3.18. The Kier molecular flexibility index (Phi) is 4.38. The molecule has 0 saturated carbocycles. The first-order valence-corrected chi connectivity index (χ1v) is 9.05. The normalized spacial score (nSPS) is 10.9. The van der Waals surface area contributed by atoms with Crippen LogP contribution in [-0.2, 0) is 0 Å². The van der Waals surface area contributed by atoms with Gasteiger partial charge in [-0.3, -0.25) is 0 Å². The summed E-state index contributed by atoms with van der Waals surface area (Å²) < 4.78 is 0.721. The molecule has 0 radical (unpaired) electrons. The Balaban J connectivity index is 1.88. The molecular formula is C22H14BrNO3. The molecule has 0 saturated heterocycles. The fraction of sp³-hybridized carbons (Fsp3) is 0. The molecule has 1 heterocycles. The van der Waals surface area contributed by atoms with Crippen molar-refractivity contribution in [2.45, 2.75) is 0 Å². The summed E-state index contributed by atoms with van der Waals surface area (Å²) in [7, 11) is 0. The summed E-state index contributed by atoms with van der Waals surface area (Å²) in [4.78, 5) is 16.3. The van der Waals surface area contributed by atoms with E-state index in [1.54, 1.807) is 18.2 Å². The van der Waals surface area contributed by atoms with Crippen LogP contribution >= 0.6 is 15.9 Å². The molecule has 0 spiro atoms. The topological polar surface area (TPSA) is 70.4 Å². The molecule has 0 bridgehead atoms. The van der Waals surface area contributed by atoms with Crippen LogP contribution in [0, 0.1) is 0 Å². The number of carbonyl (C=O) groups is 1. The Bertz CT molecular complexity index is 1160. The van der Waals surface area contributed by atoms with Gasteiger partial charge < -0.3 is 10.2 Å². The maximum atomic E-state index is 11.8. The third-order valence-corrected chi connectivity index (χ3v) is 4.89. The third kappa shape index (κ3) is 3.17. The van der Waals surface area contributed by atoms with Crippen LogP contribution in [0.3, 0.4) is 0 Å². The van der Waals surface area contributed by atoms with Gasteiger partial charge >= 0.3 is 5.97 Å². The number of carboxylic acid groups (broad SMARTS) is 1. The minimum Gasteiger partial charge on any atom is -0.505 e. The first kappa shape index (κ1) is 17.2. The Morgan fingerprint density at radius 1 is 0.852 bits per heavy atom. The van der Waals surface area contributed by atoms with Gasteiger partial charge in [0.05, 0.1) is 5.52 Å². The molecule has 0 unspecified atom stereocenters. The Labute approximate surface area is 163 Å². The number of pyridine rings is 1. The predicted octanol–water partition coefficient (Wildman–Crippen LogP) is 5.74. The van der Waals surface area contributed by atoms with Crippen LogP contribution in [0.25, 0.3) is 33.3 Å². The van der Waals surface area contributed by atoms with Gasteiger partial charge in [-0.25, -0.2) is 9.78 Å². The van der Waals surface area contributed by atoms with Crippen molar-refractivity contribution in [2.24, 2.45) is 0 Å². The minimum atomic E-state index is -1.19. The second kappa shape index (κ2) is 6.85. The number of aromatic nitrogens is 1. The number of rotatable bonds is 3. The summed E-state index contributed by atoms with van der Waals surface area (Å²) in [5.74, 6) is -1.53. The molecule has 0 amide bonds. The van der Waals surface area contributed by atoms with Crippen LogP contribution in [0.2, 0.25) is 0 Å². The maximum Gasteiger partial charge on any atom is 0.340 e. The van der Waals surface area contributed by atoms with Crippen molar-refractivity contribution < 1.29 is 15.0 Å². The van der Waals surface area contributed by atoms with E-state index in [0.717, 1.165) is 15.6 Å². The van der Waals surface area contributed by atoms with E-state index < -0.39 is 5.97 Å². The zero-order valence-corrected chi connectivity index (χ0v) is 15.6. The van der Waals surface area contributed by atoms with E-state index in [2.05, 4.69) is 20.9 Å². The number of fused-ring (bicyclic) bond motifs is 1. The van der Waals surface area contributed by atoms with Gasteiger partial charge in [-0.2, -0.15) is 0 Å². The van der Waals surface area contributed by atoms with Crippen LogP contribution in [0.4, 0.5) is 0 Å². The third-order valence-electron chi connectivity index (χ3n) is 4.40. The van der Waals surface area contributed by atoms with Gasteiger partial charge in [0.25, 0.3) is 0 Å². The van der Waals surface area contributed by atoms with Crippen molar-refractivity contribution in [1.82, 2.24) is 4.98 Å². The molecule has 1 aromatic heterocycles. The van der Waals surface area contributed by atoms with Crippen molar-refractivity contribution in [1.29, 1.82) is 0 Å². The van der Waals surface area contributed by atoms with Gasteiger partial charge in [0.15, 0.2) is 5.75 Å². The molecule has 4 rings (SSSR count). The highest BCUT2D eigenvalue weighted by Gasteiger charge is 2.21. The standard InChI is InChI=1S/C22H14BrNO3/c23-16-10-11-18-17(12-16)19(22(26)27)21(25)20(24-18)15-8-6-14(7-9-15)13-4-2-1-3-5-13/h1-12,25H,(H,26,27). The first-order valence-electron chi connectivity index (χ1n) is 8.26. The lowest BCUT2D eigenvalue weighted by atomic mass is 10.00. The summed E-state index contributed by atoms with van der Waals surface area (Å²) in [6.45, 7) is 0. The molecule has 0 aliphatic heterocycles. The fourth-order valence-electron chi connectivity index (χ4n) is 3.09. The Morgan fingerprint density at radius 2 is 1.48 bits per heavy atom. The fourth-order valence-corrected chi connectivity index (χ4v) is 3.46. The van der Waals surface area contributed by atoms with Crippen LogP contribution in [0.1, 0.15) is 10.4 Å². The summed E-state index contributed by atoms with van der Waals surface area (Å²) in [5, 5.41) is 20.6. The molecule has 27 heavy (non-hydrogen) atoms. The number of hydrogen-bond acceptors (Lipinski definition) is 3. The molecule has 4 nitrogen and oxygen atoms in total. The van der Waals surface area contributed by atoms with Gasteiger partial charge in [0.1, 0.15) is 11.3 Å². The molecule has 2 N–H and O–H groups in total. The zero-order chi connectivity index (χ0) is 19.0. The van der Waals surface area contributed by atoms with Crippen LogP contribution in [-0.4, -0.2) is 21.2 Å². The van der Waals surface area contributed by atoms with Gasteiger partial charge in [0, 0.05) is 15.4 Å². The summed E-state index contributed by atoms with van der Waals surface area (Å²) in [6.07, 6.45) is 0. The van der Waals surface area contributed by atoms with Crippen LogP contribution in [0.15, 0.2) is 77.3 Å². The number of aromatic hydroxyl groups is 1. The molecule has 4 aromatic rings. The average Bonchev–Trinajstić information content (AvgIpc) is 2.68. The number of aromatic carboxylic acids is 1.